The van der Waals surface area contributed by atoms with E-state index < -0.39 is 73.6 Å². The van der Waals surface area contributed by atoms with Gasteiger partial charge in [0, 0.05) is 0 Å². The minimum absolute atomic E-state index is 7.27. The van der Waals surface area contributed by atoms with Gasteiger partial charge in [0.25, 0.3) is 33.4 Å². The predicted octanol–water partition coefficient (Wildman–Crippen LogP) is 3.62. The van der Waals surface area contributed by atoms with Gasteiger partial charge in [-0.15, -0.1) is 0 Å². The summed E-state index contributed by atoms with van der Waals surface area (Å²) in [6, 6.07) is 0. The number of alkyl halides is 17. The molecule has 26 heteroatoms. The van der Waals surface area contributed by atoms with E-state index in [1.807, 2.05) is 0 Å². The molecule has 0 bridgehead atoms. The maximum absolute atomic E-state index is 13.5. The molecule has 0 aromatic heterocycles. The zero-order valence-electron chi connectivity index (χ0n) is 14.2. The fraction of sp³-hybridized carbons (Fsp3) is 1.00. The molecule has 0 atom stereocenters. The van der Waals surface area contributed by atoms with Crippen molar-refractivity contribution in [2.45, 2.75) is 44.1 Å². The first-order chi connectivity index (χ1) is 14.1. The highest BCUT2D eigenvalue weighted by molar-refractivity contribution is 8.25. The first kappa shape index (κ1) is 32.7. The standard InChI is InChI=1S/C8HF17O6S3/c9-2(10,3(11,12)13)6(20,21)32(26,27)1(33(28,29)7(22,23)4(14,15)16)34(30,31)8(24,25)5(17,18)19/h1H. The van der Waals surface area contributed by atoms with Crippen molar-refractivity contribution in [3.05, 3.63) is 0 Å². The van der Waals surface area contributed by atoms with Crippen LogP contribution in [0, 0.1) is 0 Å². The van der Waals surface area contributed by atoms with Crippen molar-refractivity contribution in [1.29, 1.82) is 0 Å². The number of sulfone groups is 3. The molecule has 0 saturated heterocycles. The fourth-order valence-corrected chi connectivity index (χ4v) is 9.55. The van der Waals surface area contributed by atoms with E-state index in [4.69, 9.17) is 0 Å². The molecule has 0 radical (unpaired) electrons. The SMILES string of the molecule is O=S(=O)(C(S(=O)(=O)C(F)(F)C(F)(F)F)S(=O)(=O)C(F)(F)C(F)(F)C(F)(F)F)C(F)(F)C(F)(F)F. The van der Waals surface area contributed by atoms with Crippen LogP contribution in [0.4, 0.5) is 74.6 Å². The summed E-state index contributed by atoms with van der Waals surface area (Å²) in [5.41, 5.74) is 0. The average Bonchev–Trinajstić information content (AvgIpc) is 2.49. The van der Waals surface area contributed by atoms with Gasteiger partial charge in [0.1, 0.15) is 0 Å². The van der Waals surface area contributed by atoms with Crippen LogP contribution in [0.3, 0.4) is 0 Å². The van der Waals surface area contributed by atoms with E-state index in [-0.39, 0.29) is 0 Å². The molecule has 0 fully saturated rings. The smallest absolute Gasteiger partial charge is 0.220 e. The molecule has 0 heterocycles. The molecule has 206 valence electrons. The van der Waals surface area contributed by atoms with Gasteiger partial charge in [-0.05, 0) is 0 Å². The molecule has 0 aromatic carbocycles. The molecule has 0 spiro atoms. The summed E-state index contributed by atoms with van der Waals surface area (Å²) in [6.07, 6.45) is -23.9. The van der Waals surface area contributed by atoms with Crippen LogP contribution in [0.2, 0.25) is 0 Å². The third kappa shape index (κ3) is 4.25. The third-order valence-corrected chi connectivity index (χ3v) is 12.2. The van der Waals surface area contributed by atoms with Crippen molar-refractivity contribution < 1.29 is 99.9 Å². The van der Waals surface area contributed by atoms with Crippen LogP contribution >= 0.6 is 0 Å². The van der Waals surface area contributed by atoms with Gasteiger partial charge < -0.3 is 0 Å². The van der Waals surface area contributed by atoms with E-state index in [2.05, 4.69) is 0 Å². The molecule has 0 aliphatic carbocycles. The lowest BCUT2D eigenvalue weighted by Crippen LogP contribution is -2.65. The molecule has 0 N–H and O–H groups in total. The molecule has 6 nitrogen and oxygen atoms in total. The Labute approximate surface area is 174 Å². The Morgan fingerprint density at radius 3 is 0.735 bits per heavy atom. The van der Waals surface area contributed by atoms with Crippen molar-refractivity contribution in [2.24, 2.45) is 0 Å². The molecular weight excluding hydrogens is 611 g/mol. The second kappa shape index (κ2) is 7.83. The van der Waals surface area contributed by atoms with Crippen molar-refractivity contribution >= 4 is 29.5 Å². The lowest BCUT2D eigenvalue weighted by molar-refractivity contribution is -0.332. The fourth-order valence-electron chi connectivity index (χ4n) is 1.53. The van der Waals surface area contributed by atoms with Gasteiger partial charge in [0.2, 0.25) is 0 Å². The van der Waals surface area contributed by atoms with E-state index in [0.717, 1.165) is 0 Å². The van der Waals surface area contributed by atoms with Crippen LogP contribution in [-0.2, 0) is 29.5 Å². The topological polar surface area (TPSA) is 102 Å². The number of hydrogen-bond acceptors (Lipinski definition) is 6. The summed E-state index contributed by atoms with van der Waals surface area (Å²) < 4.78 is 276. The predicted molar refractivity (Wildman–Crippen MR) is 68.5 cm³/mol. The van der Waals surface area contributed by atoms with Crippen LogP contribution in [-0.4, -0.2) is 69.4 Å². The minimum atomic E-state index is -9.58. The Kier molecular flexibility index (Phi) is 7.52. The molecule has 0 amide bonds. The maximum Gasteiger partial charge on any atom is 0.469 e. The quantitative estimate of drug-likeness (QED) is 0.408. The van der Waals surface area contributed by atoms with E-state index in [0.29, 0.717) is 0 Å². The highest BCUT2D eigenvalue weighted by Gasteiger charge is 2.86. The second-order valence-electron chi connectivity index (χ2n) is 5.54. The van der Waals surface area contributed by atoms with Gasteiger partial charge in [-0.1, -0.05) is 0 Å². The Morgan fingerprint density at radius 1 is 0.353 bits per heavy atom. The van der Waals surface area contributed by atoms with Gasteiger partial charge in [-0.25, -0.2) is 25.3 Å². The Hall–Kier alpha value is -1.34. The Bertz CT molecular complexity index is 1050. The lowest BCUT2D eigenvalue weighted by Gasteiger charge is -2.33. The van der Waals surface area contributed by atoms with Crippen molar-refractivity contribution in [2.75, 3.05) is 0 Å². The number of hydrogen-bond donors (Lipinski definition) is 0. The Balaban J connectivity index is 8.02. The van der Waals surface area contributed by atoms with Crippen LogP contribution < -0.4 is 0 Å². The van der Waals surface area contributed by atoms with E-state index >= 15 is 0 Å². The largest absolute Gasteiger partial charge is 0.469 e. The molecule has 0 unspecified atom stereocenters. The van der Waals surface area contributed by atoms with E-state index in [1.54, 1.807) is 0 Å². The summed E-state index contributed by atoms with van der Waals surface area (Å²) >= 11 is 0. The summed E-state index contributed by atoms with van der Waals surface area (Å²) in [5, 5.41) is -25.0. The number of halogens is 17. The zero-order chi connectivity index (χ0) is 28.6. The molecule has 0 aliphatic rings. The summed E-state index contributed by atoms with van der Waals surface area (Å²) in [4.78, 5) is 0. The zero-order valence-corrected chi connectivity index (χ0v) is 16.6. The van der Waals surface area contributed by atoms with E-state index in [9.17, 15) is 99.9 Å². The van der Waals surface area contributed by atoms with E-state index in [1.165, 1.54) is 0 Å². The molecule has 0 saturated carbocycles. The highest BCUT2D eigenvalue weighted by atomic mass is 32.3. The monoisotopic (exact) mass is 612 g/mol. The molecular formula is C8HF17O6S3. The third-order valence-electron chi connectivity index (χ3n) is 3.21. The molecule has 0 aromatic rings. The minimum Gasteiger partial charge on any atom is -0.220 e. The lowest BCUT2D eigenvalue weighted by atomic mass is 10.3. The molecule has 0 aliphatic heterocycles. The van der Waals surface area contributed by atoms with Crippen LogP contribution in [0.15, 0.2) is 0 Å². The van der Waals surface area contributed by atoms with Gasteiger partial charge in [-0.3, -0.25) is 0 Å². The van der Waals surface area contributed by atoms with Gasteiger partial charge >= 0.3 is 40.2 Å². The highest BCUT2D eigenvalue weighted by Crippen LogP contribution is 2.55. The first-order valence-corrected chi connectivity index (χ1v) is 11.2. The molecule has 34 heavy (non-hydrogen) atoms. The summed E-state index contributed by atoms with van der Waals surface area (Å²) in [7, 11) is -28.4. The van der Waals surface area contributed by atoms with Crippen molar-refractivity contribution in [3.63, 3.8) is 0 Å². The summed E-state index contributed by atoms with van der Waals surface area (Å²) in [5.74, 6) is -8.36. The van der Waals surface area contributed by atoms with Crippen LogP contribution in [0.1, 0.15) is 0 Å². The van der Waals surface area contributed by atoms with Gasteiger partial charge in [0.15, 0.2) is 0 Å². The maximum atomic E-state index is 13.5. The van der Waals surface area contributed by atoms with Crippen LogP contribution in [0.5, 0.6) is 0 Å². The van der Waals surface area contributed by atoms with Crippen molar-refractivity contribution in [3.8, 4) is 0 Å². The normalized spacial score (nSPS) is 16.8. The first-order valence-electron chi connectivity index (χ1n) is 6.53. The van der Waals surface area contributed by atoms with Crippen molar-refractivity contribution in [1.82, 2.24) is 0 Å². The summed E-state index contributed by atoms with van der Waals surface area (Å²) in [6.45, 7) is 0. The Morgan fingerprint density at radius 2 is 0.559 bits per heavy atom. The average molecular weight is 612 g/mol. The number of rotatable bonds is 7. The van der Waals surface area contributed by atoms with Gasteiger partial charge in [0.05, 0.1) is 0 Å². The van der Waals surface area contributed by atoms with Crippen LogP contribution in [0.25, 0.3) is 0 Å². The van der Waals surface area contributed by atoms with Gasteiger partial charge in [-0.2, -0.15) is 74.6 Å². The second-order valence-corrected chi connectivity index (χ2v) is 12.7. The molecule has 0 rings (SSSR count).